The van der Waals surface area contributed by atoms with Crippen molar-refractivity contribution in [3.8, 4) is 34.4 Å². The molecule has 2 fully saturated rings. The number of rotatable bonds is 8. The first-order valence-electron chi connectivity index (χ1n) is 19.1. The van der Waals surface area contributed by atoms with Gasteiger partial charge in [-0.3, -0.25) is 4.79 Å². The first-order valence-corrected chi connectivity index (χ1v) is 19.1. The van der Waals surface area contributed by atoms with Crippen molar-refractivity contribution in [2.75, 3.05) is 25.5 Å². The van der Waals surface area contributed by atoms with Gasteiger partial charge in [-0.15, -0.1) is 0 Å². The Morgan fingerprint density at radius 2 is 1.21 bits per heavy atom. The van der Waals surface area contributed by atoms with E-state index in [1.807, 2.05) is 120 Å². The monoisotopic (exact) mass is 758 g/mol. The van der Waals surface area contributed by atoms with Crippen LogP contribution in [-0.4, -0.2) is 68.0 Å². The molecule has 57 heavy (non-hydrogen) atoms. The van der Waals surface area contributed by atoms with Gasteiger partial charge in [-0.2, -0.15) is 0 Å². The number of likely N-dealkylation sites (tertiary alicyclic amines) is 2. The van der Waals surface area contributed by atoms with Gasteiger partial charge in [0.05, 0.1) is 43.0 Å². The van der Waals surface area contributed by atoms with Crippen LogP contribution in [0.15, 0.2) is 122 Å². The topological polar surface area (TPSA) is 148 Å². The molecule has 2 aromatic heterocycles. The Hall–Kier alpha value is -7.13. The zero-order valence-electron chi connectivity index (χ0n) is 31.4. The molecule has 0 spiro atoms. The summed E-state index contributed by atoms with van der Waals surface area (Å²) in [6, 6.07) is 33.3. The van der Waals surface area contributed by atoms with Gasteiger partial charge >= 0.3 is 12.1 Å². The number of benzene rings is 4. The fraction of sp³-hybridized carbons (Fsp3) is 0.222. The normalized spacial score (nSPS) is 16.7. The second-order valence-electron chi connectivity index (χ2n) is 14.1. The molecular formula is C45H42N8O4. The van der Waals surface area contributed by atoms with Gasteiger partial charge in [-0.05, 0) is 78.8 Å². The number of urea groups is 1. The summed E-state index contributed by atoms with van der Waals surface area (Å²) in [5.74, 6) is 7.79. The number of para-hydroxylation sites is 1. The number of imidazole rings is 2. The summed E-state index contributed by atoms with van der Waals surface area (Å²) in [5.41, 5.74) is 6.86. The van der Waals surface area contributed by atoms with Crippen LogP contribution in [-0.2, 0) is 9.53 Å². The number of nitrogens with one attached hydrogen (secondary N) is 4. The average Bonchev–Trinajstić information content (AvgIpc) is 4.10. The predicted octanol–water partition coefficient (Wildman–Crippen LogP) is 8.00. The van der Waals surface area contributed by atoms with Crippen LogP contribution in [0.4, 0.5) is 15.3 Å². The molecule has 4 amide bonds. The molecule has 0 radical (unpaired) electrons. The van der Waals surface area contributed by atoms with Crippen molar-refractivity contribution in [1.82, 2.24) is 35.1 Å². The molecule has 12 nitrogen and oxygen atoms in total. The average molecular weight is 759 g/mol. The van der Waals surface area contributed by atoms with Crippen LogP contribution >= 0.6 is 0 Å². The van der Waals surface area contributed by atoms with Crippen molar-refractivity contribution in [1.29, 1.82) is 0 Å². The molecule has 12 heteroatoms. The lowest BCUT2D eigenvalue weighted by molar-refractivity contribution is -0.134. The van der Waals surface area contributed by atoms with E-state index in [4.69, 9.17) is 4.74 Å². The summed E-state index contributed by atoms with van der Waals surface area (Å²) in [4.78, 5) is 58.9. The quantitative estimate of drug-likeness (QED) is 0.116. The summed E-state index contributed by atoms with van der Waals surface area (Å²) in [6.07, 6.45) is 6.29. The fourth-order valence-corrected chi connectivity index (χ4v) is 7.52. The number of aromatic amines is 2. The minimum Gasteiger partial charge on any atom is -0.453 e. The van der Waals surface area contributed by atoms with Crippen molar-refractivity contribution in [3.63, 3.8) is 0 Å². The summed E-state index contributed by atoms with van der Waals surface area (Å²) in [6.45, 7) is 1.24. The predicted molar refractivity (Wildman–Crippen MR) is 217 cm³/mol. The first-order chi connectivity index (χ1) is 27.9. The van der Waals surface area contributed by atoms with Crippen LogP contribution in [0, 0.1) is 11.8 Å². The number of carbonyl (C=O) groups excluding carboxylic acids is 3. The largest absolute Gasteiger partial charge is 0.453 e. The van der Waals surface area contributed by atoms with Gasteiger partial charge in [0, 0.05) is 29.9 Å². The van der Waals surface area contributed by atoms with Gasteiger partial charge in [0.1, 0.15) is 17.7 Å². The number of alkyl carbamates (subject to hydrolysis) is 1. The highest BCUT2D eigenvalue weighted by Gasteiger charge is 2.37. The molecule has 3 atom stereocenters. The van der Waals surface area contributed by atoms with E-state index >= 15 is 0 Å². The fourth-order valence-electron chi connectivity index (χ4n) is 7.52. The highest BCUT2D eigenvalue weighted by Crippen LogP contribution is 2.35. The molecule has 2 aliphatic rings. The van der Waals surface area contributed by atoms with Crippen molar-refractivity contribution in [3.05, 3.63) is 150 Å². The number of nitrogens with zero attached hydrogens (tertiary/aromatic N) is 4. The van der Waals surface area contributed by atoms with Crippen molar-refractivity contribution < 1.29 is 19.1 Å². The molecule has 0 bridgehead atoms. The Morgan fingerprint density at radius 1 is 0.702 bits per heavy atom. The number of carbonyl (C=O) groups is 3. The van der Waals surface area contributed by atoms with Crippen molar-refractivity contribution in [2.24, 2.45) is 0 Å². The highest BCUT2D eigenvalue weighted by molar-refractivity contribution is 5.90. The van der Waals surface area contributed by atoms with Crippen LogP contribution in [0.25, 0.3) is 22.5 Å². The first kappa shape index (κ1) is 36.8. The van der Waals surface area contributed by atoms with E-state index in [9.17, 15) is 14.4 Å². The molecule has 4 N–H and O–H groups in total. The lowest BCUT2D eigenvalue weighted by atomic mass is 10.1. The van der Waals surface area contributed by atoms with E-state index in [0.717, 1.165) is 70.8 Å². The standard InChI is InChI=1S/C45H42N8O4/c1-57-45(56)51-40(34-10-4-2-5-11-34)43(54)52-26-8-14-38(52)41-46-28-36(49-41)32-22-18-30(19-23-32)16-17-31-20-24-33(25-21-31)37-29-47-42(50-37)39-15-9-27-53(39)44(55)48-35-12-6-3-7-13-35/h2-7,10-13,18-25,28-29,38-40H,8-9,14-15,26-27H2,1H3,(H,46,49)(H,47,50)(H,48,55)(H,51,56). The number of amides is 4. The Morgan fingerprint density at radius 3 is 1.75 bits per heavy atom. The summed E-state index contributed by atoms with van der Waals surface area (Å²) < 4.78 is 4.82. The smallest absolute Gasteiger partial charge is 0.407 e. The van der Waals surface area contributed by atoms with Crippen molar-refractivity contribution in [2.45, 2.75) is 43.8 Å². The van der Waals surface area contributed by atoms with Gasteiger partial charge in [0.15, 0.2) is 0 Å². The summed E-state index contributed by atoms with van der Waals surface area (Å²) in [7, 11) is 1.28. The lowest BCUT2D eigenvalue weighted by Crippen LogP contribution is -2.42. The molecular weight excluding hydrogens is 717 g/mol. The second-order valence-corrected chi connectivity index (χ2v) is 14.1. The minimum atomic E-state index is -0.874. The van der Waals surface area contributed by atoms with Gasteiger partial charge in [0.2, 0.25) is 0 Å². The second kappa shape index (κ2) is 16.7. The Bertz CT molecular complexity index is 2400. The summed E-state index contributed by atoms with van der Waals surface area (Å²) in [5, 5.41) is 5.70. The maximum atomic E-state index is 13.8. The zero-order chi connectivity index (χ0) is 39.1. The molecule has 286 valence electrons. The lowest BCUT2D eigenvalue weighted by Gasteiger charge is -2.28. The number of anilines is 1. The molecule has 4 aromatic carbocycles. The van der Waals surface area contributed by atoms with Gasteiger partial charge < -0.3 is 35.1 Å². The Labute approximate surface area is 330 Å². The number of H-pyrrole nitrogens is 2. The molecule has 8 rings (SSSR count). The van der Waals surface area contributed by atoms with Crippen LogP contribution in [0.1, 0.15) is 72.1 Å². The third-order valence-electron chi connectivity index (χ3n) is 10.5. The van der Waals surface area contributed by atoms with E-state index < -0.39 is 12.1 Å². The molecule has 4 heterocycles. The van der Waals surface area contributed by atoms with Crippen LogP contribution in [0.3, 0.4) is 0 Å². The SMILES string of the molecule is COC(=O)NC(C(=O)N1CCCC1c1ncc(-c2ccc(C#Cc3ccc(-c4cnc(C5CCCN5C(=O)Nc5ccccc5)[nH]4)cc3)cc2)[nH]1)c1ccccc1. The Kier molecular flexibility index (Phi) is 10.8. The van der Waals surface area contributed by atoms with Crippen LogP contribution < -0.4 is 10.6 Å². The highest BCUT2D eigenvalue weighted by atomic mass is 16.5. The number of hydrogen-bond donors (Lipinski definition) is 4. The molecule has 0 saturated carbocycles. The van der Waals surface area contributed by atoms with E-state index in [0.29, 0.717) is 24.5 Å². The third kappa shape index (κ3) is 8.28. The minimum absolute atomic E-state index is 0.112. The molecule has 6 aromatic rings. The number of hydrogen-bond acceptors (Lipinski definition) is 6. The van der Waals surface area contributed by atoms with E-state index in [1.165, 1.54) is 7.11 Å². The van der Waals surface area contributed by atoms with Crippen LogP contribution in [0.5, 0.6) is 0 Å². The number of methoxy groups -OCH3 is 1. The number of ether oxygens (including phenoxy) is 1. The molecule has 0 aliphatic carbocycles. The summed E-state index contributed by atoms with van der Waals surface area (Å²) >= 11 is 0. The van der Waals surface area contributed by atoms with Crippen LogP contribution in [0.2, 0.25) is 0 Å². The van der Waals surface area contributed by atoms with E-state index in [2.05, 4.69) is 42.4 Å². The third-order valence-corrected chi connectivity index (χ3v) is 10.5. The maximum absolute atomic E-state index is 13.8. The number of aromatic nitrogens is 4. The van der Waals surface area contributed by atoms with Gasteiger partial charge in [-0.1, -0.05) is 84.6 Å². The zero-order valence-corrected chi connectivity index (χ0v) is 31.4. The molecule has 2 aliphatic heterocycles. The van der Waals surface area contributed by atoms with E-state index in [-0.39, 0.29) is 24.0 Å². The maximum Gasteiger partial charge on any atom is 0.407 e. The van der Waals surface area contributed by atoms with Gasteiger partial charge in [0.25, 0.3) is 5.91 Å². The Balaban J connectivity index is 0.894. The van der Waals surface area contributed by atoms with Crippen molar-refractivity contribution >= 4 is 23.7 Å². The van der Waals surface area contributed by atoms with E-state index in [1.54, 1.807) is 11.1 Å². The van der Waals surface area contributed by atoms with Gasteiger partial charge in [-0.25, -0.2) is 19.6 Å². The molecule has 3 unspecified atom stereocenters. The molecule has 2 saturated heterocycles.